The number of nitrogens with zero attached hydrogens (tertiary/aromatic N) is 5. The van der Waals surface area contributed by atoms with Crippen LogP contribution in [0.15, 0.2) is 54.7 Å². The quantitative estimate of drug-likeness (QED) is 0.276. The highest BCUT2D eigenvalue weighted by molar-refractivity contribution is 6.32. The van der Waals surface area contributed by atoms with Crippen LogP contribution in [0, 0.1) is 24.0 Å². The minimum absolute atomic E-state index is 0.0253. The van der Waals surface area contributed by atoms with Gasteiger partial charge in [0.05, 0.1) is 41.5 Å². The first kappa shape index (κ1) is 23.5. The monoisotopic (exact) mass is 498 g/mol. The van der Waals surface area contributed by atoms with Crippen LogP contribution in [0.4, 0.5) is 11.5 Å². The number of rotatable bonds is 7. The summed E-state index contributed by atoms with van der Waals surface area (Å²) in [4.78, 5) is 23.1. The van der Waals surface area contributed by atoms with Crippen LogP contribution >= 0.6 is 23.2 Å². The number of nitrogens with one attached hydrogen (secondary N) is 1. The lowest BCUT2D eigenvalue weighted by molar-refractivity contribution is -0.389. The summed E-state index contributed by atoms with van der Waals surface area (Å²) >= 11 is 11.9. The van der Waals surface area contributed by atoms with Crippen LogP contribution in [0.1, 0.15) is 32.9 Å². The molecule has 0 unspecified atom stereocenters. The molecule has 0 bridgehead atoms. The maximum atomic E-state index is 12.8. The fourth-order valence-electron chi connectivity index (χ4n) is 3.57. The Hall–Kier alpha value is -3.69. The van der Waals surface area contributed by atoms with Crippen molar-refractivity contribution in [3.05, 3.63) is 103 Å². The summed E-state index contributed by atoms with van der Waals surface area (Å²) in [5, 5.41) is 22.9. The summed E-state index contributed by atoms with van der Waals surface area (Å²) in [6.45, 7) is 4.56. The van der Waals surface area contributed by atoms with Gasteiger partial charge >= 0.3 is 5.82 Å². The third-order valence-corrected chi connectivity index (χ3v) is 5.78. The van der Waals surface area contributed by atoms with Crippen molar-refractivity contribution in [2.24, 2.45) is 0 Å². The molecule has 0 radical (unpaired) electrons. The lowest BCUT2D eigenvalue weighted by Gasteiger charge is -2.08. The average Bonchev–Trinajstić information content (AvgIpc) is 3.28. The Morgan fingerprint density at radius 1 is 1.06 bits per heavy atom. The SMILES string of the molecule is Cc1nn(Cc2cccc(Cl)c2)c(C)c1NC(=O)c1ccc(Cn2cc(Cl)c([N+](=O)[O-])n2)cc1. The summed E-state index contributed by atoms with van der Waals surface area (Å²) in [6.07, 6.45) is 1.40. The molecular weight excluding hydrogens is 479 g/mol. The molecule has 4 rings (SSSR count). The first-order valence-electron chi connectivity index (χ1n) is 10.3. The molecule has 0 aliphatic carbocycles. The zero-order valence-electron chi connectivity index (χ0n) is 18.3. The summed E-state index contributed by atoms with van der Waals surface area (Å²) in [6, 6.07) is 14.5. The average molecular weight is 499 g/mol. The highest BCUT2D eigenvalue weighted by atomic mass is 35.5. The zero-order valence-corrected chi connectivity index (χ0v) is 19.8. The lowest BCUT2D eigenvalue weighted by Crippen LogP contribution is -2.13. The standard InChI is InChI=1S/C23H20Cl2N6O3/c1-14-21(15(2)30(27-14)12-17-4-3-5-19(24)10-17)26-23(32)18-8-6-16(7-9-18)11-29-13-20(25)22(28-29)31(33)34/h3-10,13H,11-12H2,1-2H3,(H,26,32). The van der Waals surface area contributed by atoms with Crippen molar-refractivity contribution in [3.8, 4) is 0 Å². The summed E-state index contributed by atoms with van der Waals surface area (Å²) < 4.78 is 3.21. The van der Waals surface area contributed by atoms with Gasteiger partial charge in [0.15, 0.2) is 5.02 Å². The normalized spacial score (nSPS) is 10.9. The number of halogens is 2. The van der Waals surface area contributed by atoms with Gasteiger partial charge in [-0.1, -0.05) is 47.5 Å². The summed E-state index contributed by atoms with van der Waals surface area (Å²) in [5.74, 6) is -0.655. The number of hydrogen-bond donors (Lipinski definition) is 1. The minimum atomic E-state index is -0.632. The Morgan fingerprint density at radius 2 is 1.79 bits per heavy atom. The first-order valence-corrected chi connectivity index (χ1v) is 11.0. The molecule has 174 valence electrons. The second-order valence-corrected chi connectivity index (χ2v) is 8.58. The molecule has 2 heterocycles. The third kappa shape index (κ3) is 5.11. The molecule has 0 aliphatic rings. The number of anilines is 1. The van der Waals surface area contributed by atoms with Crippen LogP contribution in [0.3, 0.4) is 0 Å². The molecule has 0 spiro atoms. The molecule has 0 saturated carbocycles. The number of carbonyl (C=O) groups excluding carboxylic acids is 1. The van der Waals surface area contributed by atoms with Crippen LogP contribution in [-0.4, -0.2) is 30.4 Å². The van der Waals surface area contributed by atoms with E-state index in [0.29, 0.717) is 28.5 Å². The van der Waals surface area contributed by atoms with Crippen molar-refractivity contribution in [3.63, 3.8) is 0 Å². The number of aromatic nitrogens is 4. The molecule has 0 fully saturated rings. The topological polar surface area (TPSA) is 108 Å². The number of aryl methyl sites for hydroxylation is 1. The van der Waals surface area contributed by atoms with E-state index in [2.05, 4.69) is 15.5 Å². The fourth-order valence-corrected chi connectivity index (χ4v) is 4.00. The maximum Gasteiger partial charge on any atom is 0.408 e. The third-order valence-electron chi connectivity index (χ3n) is 5.27. The number of hydrogen-bond acceptors (Lipinski definition) is 5. The number of carbonyl (C=O) groups is 1. The maximum absolute atomic E-state index is 12.8. The largest absolute Gasteiger partial charge is 0.408 e. The van der Waals surface area contributed by atoms with Crippen molar-refractivity contribution in [2.45, 2.75) is 26.9 Å². The smallest absolute Gasteiger partial charge is 0.358 e. The minimum Gasteiger partial charge on any atom is -0.358 e. The van der Waals surface area contributed by atoms with Gasteiger partial charge in [-0.05, 0) is 54.2 Å². The Morgan fingerprint density at radius 3 is 2.44 bits per heavy atom. The molecule has 9 nitrogen and oxygen atoms in total. The lowest BCUT2D eigenvalue weighted by atomic mass is 10.1. The number of nitro groups is 1. The van der Waals surface area contributed by atoms with Gasteiger partial charge in [0, 0.05) is 10.6 Å². The first-order chi connectivity index (χ1) is 16.2. The van der Waals surface area contributed by atoms with Gasteiger partial charge < -0.3 is 15.4 Å². The van der Waals surface area contributed by atoms with E-state index in [-0.39, 0.29) is 23.3 Å². The second kappa shape index (κ2) is 9.66. The summed E-state index contributed by atoms with van der Waals surface area (Å²) in [7, 11) is 0. The van der Waals surface area contributed by atoms with Crippen LogP contribution < -0.4 is 5.32 Å². The molecule has 11 heteroatoms. The van der Waals surface area contributed by atoms with E-state index in [1.165, 1.54) is 10.9 Å². The van der Waals surface area contributed by atoms with Crippen molar-refractivity contribution in [2.75, 3.05) is 5.32 Å². The van der Waals surface area contributed by atoms with Crippen LogP contribution in [0.25, 0.3) is 0 Å². The van der Waals surface area contributed by atoms with Crippen molar-refractivity contribution < 1.29 is 9.72 Å². The van der Waals surface area contributed by atoms with Crippen molar-refractivity contribution in [1.82, 2.24) is 19.6 Å². The molecule has 34 heavy (non-hydrogen) atoms. The van der Waals surface area contributed by atoms with Crippen LogP contribution in [0.5, 0.6) is 0 Å². The van der Waals surface area contributed by atoms with Gasteiger partial charge in [-0.15, -0.1) is 0 Å². The van der Waals surface area contributed by atoms with E-state index in [1.807, 2.05) is 42.8 Å². The second-order valence-electron chi connectivity index (χ2n) is 7.74. The molecule has 0 atom stereocenters. The molecule has 1 amide bonds. The Kier molecular flexibility index (Phi) is 6.67. The van der Waals surface area contributed by atoms with Gasteiger partial charge in [-0.3, -0.25) is 9.48 Å². The molecule has 4 aromatic rings. The fraction of sp³-hybridized carbons (Fsp3) is 0.174. The Bertz CT molecular complexity index is 1380. The van der Waals surface area contributed by atoms with E-state index in [0.717, 1.165) is 16.8 Å². The van der Waals surface area contributed by atoms with E-state index in [1.54, 1.807) is 24.3 Å². The van der Waals surface area contributed by atoms with Gasteiger partial charge in [-0.25, -0.2) is 0 Å². The van der Waals surface area contributed by atoms with E-state index < -0.39 is 4.92 Å². The Labute approximate surface area is 205 Å². The highest BCUT2D eigenvalue weighted by Gasteiger charge is 2.19. The summed E-state index contributed by atoms with van der Waals surface area (Å²) in [5.41, 5.74) is 4.49. The van der Waals surface area contributed by atoms with Gasteiger partial charge in [0.1, 0.15) is 0 Å². The van der Waals surface area contributed by atoms with Crippen LogP contribution in [-0.2, 0) is 13.1 Å². The van der Waals surface area contributed by atoms with E-state index in [9.17, 15) is 14.9 Å². The highest BCUT2D eigenvalue weighted by Crippen LogP contribution is 2.23. The van der Waals surface area contributed by atoms with Gasteiger partial charge in [0.2, 0.25) is 0 Å². The van der Waals surface area contributed by atoms with E-state index >= 15 is 0 Å². The van der Waals surface area contributed by atoms with Crippen molar-refractivity contribution >= 4 is 40.6 Å². The number of benzene rings is 2. The molecule has 0 saturated heterocycles. The molecule has 0 aliphatic heterocycles. The Balaban J connectivity index is 1.45. The van der Waals surface area contributed by atoms with Crippen LogP contribution in [0.2, 0.25) is 10.0 Å². The van der Waals surface area contributed by atoms with Gasteiger partial charge in [-0.2, -0.15) is 9.78 Å². The molecule has 2 aromatic heterocycles. The molecule has 2 aromatic carbocycles. The molecular formula is C23H20Cl2N6O3. The predicted molar refractivity (Wildman–Crippen MR) is 130 cm³/mol. The van der Waals surface area contributed by atoms with Gasteiger partial charge in [0.25, 0.3) is 5.91 Å². The van der Waals surface area contributed by atoms with Crippen molar-refractivity contribution in [1.29, 1.82) is 0 Å². The molecule has 1 N–H and O–H groups in total. The predicted octanol–water partition coefficient (Wildman–Crippen LogP) is 5.26. The zero-order chi connectivity index (χ0) is 24.4. The number of amides is 1. The van der Waals surface area contributed by atoms with E-state index in [4.69, 9.17) is 23.2 Å².